The maximum atomic E-state index is 4.64. The third-order valence-electron chi connectivity index (χ3n) is 4.60. The lowest BCUT2D eigenvalue weighted by molar-refractivity contribution is 0.237. The first-order valence-corrected chi connectivity index (χ1v) is 9.09. The fraction of sp³-hybridized carbons (Fsp3) is 0.824. The molecule has 1 rings (SSSR count). The lowest BCUT2D eigenvalue weighted by Crippen LogP contribution is -2.37. The summed E-state index contributed by atoms with van der Waals surface area (Å²) < 4.78 is 3.27. The first-order chi connectivity index (χ1) is 9.89. The maximum Gasteiger partial charge on any atom is 0.0766 e. The Morgan fingerprint density at radius 3 is 2.29 bits per heavy atom. The first-order valence-electron chi connectivity index (χ1n) is 8.30. The van der Waals surface area contributed by atoms with Crippen LogP contribution in [0.1, 0.15) is 58.8 Å². The van der Waals surface area contributed by atoms with E-state index in [1.54, 1.807) is 0 Å². The molecule has 0 atom stereocenters. The Bertz CT molecular complexity index is 433. The number of rotatable bonds is 9. The Morgan fingerprint density at radius 1 is 1.24 bits per heavy atom. The number of nitrogens with zero attached hydrogens (tertiary/aromatic N) is 2. The van der Waals surface area contributed by atoms with Crippen LogP contribution in [0.4, 0.5) is 0 Å². The molecule has 0 radical (unpaired) electrons. The summed E-state index contributed by atoms with van der Waals surface area (Å²) in [6.07, 6.45) is 4.43. The van der Waals surface area contributed by atoms with Crippen LogP contribution in [-0.2, 0) is 19.9 Å². The van der Waals surface area contributed by atoms with Crippen molar-refractivity contribution in [3.05, 3.63) is 15.9 Å². The molecule has 0 fully saturated rings. The van der Waals surface area contributed by atoms with Crippen LogP contribution in [0.25, 0.3) is 0 Å². The summed E-state index contributed by atoms with van der Waals surface area (Å²) in [7, 11) is 2.07. The smallest absolute Gasteiger partial charge is 0.0766 e. The minimum absolute atomic E-state index is 0.316. The van der Waals surface area contributed by atoms with Crippen molar-refractivity contribution in [2.45, 2.75) is 60.3 Å². The van der Waals surface area contributed by atoms with Gasteiger partial charge in [-0.1, -0.05) is 34.6 Å². The molecular formula is C17H32BrN3. The summed E-state index contributed by atoms with van der Waals surface area (Å²) in [6.45, 7) is 13.5. The average molecular weight is 358 g/mol. The minimum atomic E-state index is 0.316. The van der Waals surface area contributed by atoms with Crippen LogP contribution in [0.2, 0.25) is 0 Å². The number of nitrogens with one attached hydrogen (secondary N) is 1. The van der Waals surface area contributed by atoms with Crippen molar-refractivity contribution in [1.82, 2.24) is 15.1 Å². The van der Waals surface area contributed by atoms with E-state index in [-0.39, 0.29) is 0 Å². The molecule has 0 amide bonds. The van der Waals surface area contributed by atoms with Gasteiger partial charge >= 0.3 is 0 Å². The fourth-order valence-electron chi connectivity index (χ4n) is 2.81. The van der Waals surface area contributed by atoms with Gasteiger partial charge in [-0.2, -0.15) is 5.10 Å². The van der Waals surface area contributed by atoms with Crippen LogP contribution < -0.4 is 5.32 Å². The van der Waals surface area contributed by atoms with E-state index in [1.807, 2.05) is 0 Å². The predicted octanol–water partition coefficient (Wildman–Crippen LogP) is 4.34. The highest BCUT2D eigenvalue weighted by Gasteiger charge is 2.29. The second-order valence-corrected chi connectivity index (χ2v) is 7.39. The van der Waals surface area contributed by atoms with E-state index < -0.39 is 0 Å². The third kappa shape index (κ3) is 4.82. The lowest BCUT2D eigenvalue weighted by atomic mass is 9.78. The maximum absolute atomic E-state index is 4.64. The molecule has 4 heteroatoms. The van der Waals surface area contributed by atoms with Crippen molar-refractivity contribution in [3.63, 3.8) is 0 Å². The summed E-state index contributed by atoms with van der Waals surface area (Å²) in [5, 5.41) is 8.30. The van der Waals surface area contributed by atoms with Gasteiger partial charge in [0.25, 0.3) is 0 Å². The molecule has 0 unspecified atom stereocenters. The summed E-state index contributed by atoms with van der Waals surface area (Å²) in [5.41, 5.74) is 2.82. The standard InChI is InChI=1S/C17H32BrN3/c1-7-14-16(18)15(21(6)20-14)10-17(8-2,9-3)12-19-11-13(4)5/h13,19H,7-12H2,1-6H3. The van der Waals surface area contributed by atoms with Crippen LogP contribution in [-0.4, -0.2) is 22.9 Å². The van der Waals surface area contributed by atoms with Crippen molar-refractivity contribution >= 4 is 15.9 Å². The average Bonchev–Trinajstić information content (AvgIpc) is 2.72. The van der Waals surface area contributed by atoms with Crippen molar-refractivity contribution < 1.29 is 0 Å². The van der Waals surface area contributed by atoms with Gasteiger partial charge in [-0.05, 0) is 59.5 Å². The predicted molar refractivity (Wildman–Crippen MR) is 94.7 cm³/mol. The number of aromatic nitrogens is 2. The molecule has 1 aromatic heterocycles. The van der Waals surface area contributed by atoms with Crippen molar-refractivity contribution in [2.24, 2.45) is 18.4 Å². The molecule has 0 saturated heterocycles. The largest absolute Gasteiger partial charge is 0.316 e. The van der Waals surface area contributed by atoms with Crippen molar-refractivity contribution in [1.29, 1.82) is 0 Å². The third-order valence-corrected chi connectivity index (χ3v) is 5.51. The number of hydrogen-bond acceptors (Lipinski definition) is 2. The Labute approximate surface area is 139 Å². The molecule has 1 heterocycles. The van der Waals surface area contributed by atoms with Crippen LogP contribution in [0, 0.1) is 11.3 Å². The van der Waals surface area contributed by atoms with E-state index in [0.717, 1.165) is 25.9 Å². The molecule has 1 N–H and O–H groups in total. The lowest BCUT2D eigenvalue weighted by Gasteiger charge is -2.32. The van der Waals surface area contributed by atoms with Gasteiger partial charge < -0.3 is 5.32 Å². The topological polar surface area (TPSA) is 29.9 Å². The number of aryl methyl sites for hydroxylation is 2. The first kappa shape index (κ1) is 18.7. The van der Waals surface area contributed by atoms with E-state index in [9.17, 15) is 0 Å². The molecule has 122 valence electrons. The second kappa shape index (κ2) is 8.33. The zero-order valence-electron chi connectivity index (χ0n) is 14.6. The minimum Gasteiger partial charge on any atom is -0.316 e. The summed E-state index contributed by atoms with van der Waals surface area (Å²) in [5.74, 6) is 0.701. The van der Waals surface area contributed by atoms with Crippen molar-refractivity contribution in [2.75, 3.05) is 13.1 Å². The summed E-state index contributed by atoms with van der Waals surface area (Å²) >= 11 is 3.76. The van der Waals surface area contributed by atoms with Crippen molar-refractivity contribution in [3.8, 4) is 0 Å². The van der Waals surface area contributed by atoms with E-state index >= 15 is 0 Å². The quantitative estimate of drug-likeness (QED) is 0.712. The molecule has 1 aromatic rings. The highest BCUT2D eigenvalue weighted by atomic mass is 79.9. The van der Waals surface area contributed by atoms with Gasteiger partial charge in [-0.15, -0.1) is 0 Å². The fourth-order valence-corrected chi connectivity index (χ4v) is 3.56. The highest BCUT2D eigenvalue weighted by molar-refractivity contribution is 9.10. The zero-order chi connectivity index (χ0) is 16.0. The number of halogens is 1. The van der Waals surface area contributed by atoms with Gasteiger partial charge in [-0.3, -0.25) is 4.68 Å². The van der Waals surface area contributed by atoms with Crippen LogP contribution in [0.3, 0.4) is 0 Å². The van der Waals surface area contributed by atoms with Gasteiger partial charge in [0.05, 0.1) is 15.9 Å². The molecule has 0 bridgehead atoms. The second-order valence-electron chi connectivity index (χ2n) is 6.59. The highest BCUT2D eigenvalue weighted by Crippen LogP contribution is 2.34. The molecule has 0 aliphatic rings. The van der Waals surface area contributed by atoms with Gasteiger partial charge in [0.2, 0.25) is 0 Å². The van der Waals surface area contributed by atoms with Gasteiger partial charge in [0.1, 0.15) is 0 Å². The van der Waals surface area contributed by atoms with E-state index in [4.69, 9.17) is 0 Å². The van der Waals surface area contributed by atoms with E-state index in [1.165, 1.54) is 28.7 Å². The van der Waals surface area contributed by atoms with E-state index in [2.05, 4.69) is 72.7 Å². The summed E-state index contributed by atoms with van der Waals surface area (Å²) in [4.78, 5) is 0. The van der Waals surface area contributed by atoms with Gasteiger partial charge in [0.15, 0.2) is 0 Å². The van der Waals surface area contributed by atoms with Crippen LogP contribution >= 0.6 is 15.9 Å². The van der Waals surface area contributed by atoms with Gasteiger partial charge in [0, 0.05) is 13.6 Å². The Morgan fingerprint density at radius 2 is 1.86 bits per heavy atom. The van der Waals surface area contributed by atoms with Gasteiger partial charge in [-0.25, -0.2) is 0 Å². The Balaban J connectivity index is 2.89. The molecule has 0 saturated carbocycles. The SMILES string of the molecule is CCc1nn(C)c(CC(CC)(CC)CNCC(C)C)c1Br. The van der Waals surface area contributed by atoms with E-state index in [0.29, 0.717) is 11.3 Å². The monoisotopic (exact) mass is 357 g/mol. The molecule has 0 spiro atoms. The molecule has 21 heavy (non-hydrogen) atoms. The molecule has 0 aliphatic heterocycles. The van der Waals surface area contributed by atoms with Crippen LogP contribution in [0.5, 0.6) is 0 Å². The Hall–Kier alpha value is -0.350. The molecule has 0 aliphatic carbocycles. The normalized spacial score (nSPS) is 12.4. The Kier molecular flexibility index (Phi) is 7.41. The molecule has 0 aromatic carbocycles. The zero-order valence-corrected chi connectivity index (χ0v) is 16.2. The number of hydrogen-bond donors (Lipinski definition) is 1. The molecule has 3 nitrogen and oxygen atoms in total. The van der Waals surface area contributed by atoms with Crippen LogP contribution in [0.15, 0.2) is 4.47 Å². The molecular weight excluding hydrogens is 326 g/mol. The summed E-state index contributed by atoms with van der Waals surface area (Å²) in [6, 6.07) is 0.